The van der Waals surface area contributed by atoms with E-state index in [-0.39, 0.29) is 25.7 Å². The van der Waals surface area contributed by atoms with Gasteiger partial charge in [0.15, 0.2) is 12.2 Å². The summed E-state index contributed by atoms with van der Waals surface area (Å²) in [5.74, 6) is 0.863. The van der Waals surface area contributed by atoms with Gasteiger partial charge in [0.2, 0.25) is 0 Å². The van der Waals surface area contributed by atoms with Crippen molar-refractivity contribution in [2.24, 2.45) is 23.7 Å². The van der Waals surface area contributed by atoms with Gasteiger partial charge >= 0.3 is 39.5 Å². The van der Waals surface area contributed by atoms with Gasteiger partial charge in [-0.05, 0) is 49.4 Å². The standard InChI is InChI=1S/C75H146O17P2/c1-65(2)51-43-35-27-21-17-13-11-9-10-12-14-20-24-31-41-49-57-74(79)91-71(62-86-73(78)56-48-40-34-33-38-46-54-68(7)8)64-90-94(83,84)88-60-69(76)59-87-93(81,82)89-63-70(92-75(80)58-50-42-32-26-25-29-37-45-53-67(5)6)61-85-72(77)55-47-39-30-23-19-16-15-18-22-28-36-44-52-66(3)4/h65-71,76H,9-64H2,1-8H3,(H,81,82)(H,83,84)/t69?,70-,71-/m1/s1. The van der Waals surface area contributed by atoms with Gasteiger partial charge < -0.3 is 33.8 Å². The number of rotatable bonds is 72. The number of aliphatic hydroxyl groups is 1. The van der Waals surface area contributed by atoms with E-state index >= 15 is 0 Å². The van der Waals surface area contributed by atoms with Gasteiger partial charge in [0.05, 0.1) is 26.4 Å². The maximum atomic E-state index is 13.0. The lowest BCUT2D eigenvalue weighted by molar-refractivity contribution is -0.161. The third kappa shape index (κ3) is 68.6. The summed E-state index contributed by atoms with van der Waals surface area (Å²) < 4.78 is 68.4. The maximum Gasteiger partial charge on any atom is 0.472 e. The maximum absolute atomic E-state index is 13.0. The van der Waals surface area contributed by atoms with Crippen LogP contribution in [-0.4, -0.2) is 96.7 Å². The minimum Gasteiger partial charge on any atom is -0.462 e. The number of esters is 4. The van der Waals surface area contributed by atoms with Crippen molar-refractivity contribution < 1.29 is 80.2 Å². The zero-order valence-electron chi connectivity index (χ0n) is 61.6. The molecule has 0 saturated heterocycles. The van der Waals surface area contributed by atoms with E-state index in [9.17, 15) is 43.2 Å². The molecular formula is C75H146O17P2. The van der Waals surface area contributed by atoms with Crippen LogP contribution in [0.25, 0.3) is 0 Å². The van der Waals surface area contributed by atoms with Gasteiger partial charge in [-0.25, -0.2) is 9.13 Å². The van der Waals surface area contributed by atoms with Crippen LogP contribution < -0.4 is 0 Å². The Morgan fingerprint density at radius 1 is 0.266 bits per heavy atom. The Morgan fingerprint density at radius 3 is 0.660 bits per heavy atom. The normalized spacial score (nSPS) is 14.2. The molecule has 558 valence electrons. The predicted octanol–water partition coefficient (Wildman–Crippen LogP) is 21.7. The van der Waals surface area contributed by atoms with Crippen molar-refractivity contribution in [1.29, 1.82) is 0 Å². The van der Waals surface area contributed by atoms with Crippen molar-refractivity contribution in [3.8, 4) is 0 Å². The minimum absolute atomic E-state index is 0.104. The van der Waals surface area contributed by atoms with Gasteiger partial charge in [-0.2, -0.15) is 0 Å². The highest BCUT2D eigenvalue weighted by molar-refractivity contribution is 7.47. The highest BCUT2D eigenvalue weighted by atomic mass is 31.2. The summed E-state index contributed by atoms with van der Waals surface area (Å²) in [6.07, 6.45) is 48.8. The van der Waals surface area contributed by atoms with E-state index in [1.54, 1.807) is 0 Å². The lowest BCUT2D eigenvalue weighted by Gasteiger charge is -2.21. The lowest BCUT2D eigenvalue weighted by Crippen LogP contribution is -2.30. The number of ether oxygens (including phenoxy) is 4. The second kappa shape index (κ2) is 64.4. The molecule has 0 heterocycles. The summed E-state index contributed by atoms with van der Waals surface area (Å²) in [5.41, 5.74) is 0. The molecule has 0 fully saturated rings. The summed E-state index contributed by atoms with van der Waals surface area (Å²) in [6.45, 7) is 14.1. The number of carbonyl (C=O) groups is 4. The van der Waals surface area contributed by atoms with E-state index in [1.807, 2.05) is 0 Å². The van der Waals surface area contributed by atoms with E-state index in [0.717, 1.165) is 114 Å². The van der Waals surface area contributed by atoms with Crippen molar-refractivity contribution in [3.63, 3.8) is 0 Å². The lowest BCUT2D eigenvalue weighted by atomic mass is 10.0. The number of hydrogen-bond acceptors (Lipinski definition) is 15. The molecule has 17 nitrogen and oxygen atoms in total. The number of phosphoric ester groups is 2. The van der Waals surface area contributed by atoms with Crippen LogP contribution in [0.2, 0.25) is 0 Å². The third-order valence-electron chi connectivity index (χ3n) is 17.3. The summed E-state index contributed by atoms with van der Waals surface area (Å²) in [6, 6.07) is 0. The minimum atomic E-state index is -4.95. The second-order valence-electron chi connectivity index (χ2n) is 28.9. The molecule has 5 atom stereocenters. The van der Waals surface area contributed by atoms with E-state index in [2.05, 4.69) is 55.4 Å². The molecule has 19 heteroatoms. The Balaban J connectivity index is 5.19. The van der Waals surface area contributed by atoms with E-state index < -0.39 is 97.5 Å². The topological polar surface area (TPSA) is 237 Å². The largest absolute Gasteiger partial charge is 0.472 e. The van der Waals surface area contributed by atoms with Crippen LogP contribution in [0.4, 0.5) is 0 Å². The third-order valence-corrected chi connectivity index (χ3v) is 19.2. The summed E-state index contributed by atoms with van der Waals surface area (Å²) in [7, 11) is -9.91. The first-order valence-corrected chi connectivity index (χ1v) is 41.7. The Labute approximate surface area is 575 Å². The smallest absolute Gasteiger partial charge is 0.462 e. The Morgan fingerprint density at radius 2 is 0.447 bits per heavy atom. The number of phosphoric acid groups is 2. The van der Waals surface area contributed by atoms with Gasteiger partial charge in [0.25, 0.3) is 0 Å². The molecule has 0 amide bonds. The van der Waals surface area contributed by atoms with E-state index in [1.165, 1.54) is 173 Å². The van der Waals surface area contributed by atoms with Crippen molar-refractivity contribution >= 4 is 39.5 Å². The van der Waals surface area contributed by atoms with Gasteiger partial charge in [-0.15, -0.1) is 0 Å². The Hall–Kier alpha value is -1.94. The first-order valence-electron chi connectivity index (χ1n) is 38.7. The molecular weight excluding hydrogens is 1230 g/mol. The Kier molecular flexibility index (Phi) is 63.1. The van der Waals surface area contributed by atoms with E-state index in [4.69, 9.17) is 37.0 Å². The molecule has 0 rings (SSSR count). The predicted molar refractivity (Wildman–Crippen MR) is 381 cm³/mol. The number of carbonyl (C=O) groups excluding carboxylic acids is 4. The molecule has 3 N–H and O–H groups in total. The molecule has 0 aliphatic rings. The van der Waals surface area contributed by atoms with Gasteiger partial charge in [0.1, 0.15) is 19.3 Å². The van der Waals surface area contributed by atoms with Gasteiger partial charge in [-0.1, -0.05) is 325 Å². The zero-order chi connectivity index (χ0) is 69.6. The molecule has 0 aromatic carbocycles. The fourth-order valence-electron chi connectivity index (χ4n) is 11.4. The van der Waals surface area contributed by atoms with E-state index in [0.29, 0.717) is 31.6 Å². The van der Waals surface area contributed by atoms with Crippen molar-refractivity contribution in [1.82, 2.24) is 0 Å². The van der Waals surface area contributed by atoms with Crippen LogP contribution in [0.3, 0.4) is 0 Å². The van der Waals surface area contributed by atoms with Crippen LogP contribution in [0.5, 0.6) is 0 Å². The molecule has 0 saturated carbocycles. The number of aliphatic hydroxyl groups excluding tert-OH is 1. The molecule has 0 radical (unpaired) electrons. The van der Waals surface area contributed by atoms with Crippen LogP contribution in [-0.2, 0) is 65.4 Å². The SMILES string of the molecule is CC(C)CCCCCCCCCCCCCCCCCCC(=O)O[C@H](COC(=O)CCCCCCCCC(C)C)COP(=O)(O)OCC(O)COP(=O)(O)OC[C@@H](COC(=O)CCCCCCCCCCCCCCC(C)C)OC(=O)CCCCCCCCCCC(C)C. The molecule has 0 aliphatic carbocycles. The molecule has 0 bridgehead atoms. The molecule has 94 heavy (non-hydrogen) atoms. The van der Waals surface area contributed by atoms with Crippen molar-refractivity contribution in [2.75, 3.05) is 39.6 Å². The van der Waals surface area contributed by atoms with Crippen LogP contribution >= 0.6 is 15.6 Å². The Bertz CT molecular complexity index is 1850. The summed E-state index contributed by atoms with van der Waals surface area (Å²) >= 11 is 0. The van der Waals surface area contributed by atoms with Crippen molar-refractivity contribution in [3.05, 3.63) is 0 Å². The number of hydrogen-bond donors (Lipinski definition) is 3. The van der Waals surface area contributed by atoms with Crippen molar-refractivity contribution in [2.45, 2.75) is 395 Å². The highest BCUT2D eigenvalue weighted by Gasteiger charge is 2.30. The van der Waals surface area contributed by atoms with Crippen LogP contribution in [0.15, 0.2) is 0 Å². The van der Waals surface area contributed by atoms with Crippen LogP contribution in [0, 0.1) is 23.7 Å². The quantitative estimate of drug-likeness (QED) is 0.0222. The molecule has 0 spiro atoms. The molecule has 3 unspecified atom stereocenters. The molecule has 0 aromatic rings. The number of unbranched alkanes of at least 4 members (excludes halogenated alkanes) is 38. The fourth-order valence-corrected chi connectivity index (χ4v) is 13.0. The zero-order valence-corrected chi connectivity index (χ0v) is 63.4. The van der Waals surface area contributed by atoms with Gasteiger partial charge in [-0.3, -0.25) is 37.3 Å². The molecule has 0 aliphatic heterocycles. The average Bonchev–Trinajstić information content (AvgIpc) is 1.37. The summed E-state index contributed by atoms with van der Waals surface area (Å²) in [4.78, 5) is 72.7. The second-order valence-corrected chi connectivity index (χ2v) is 31.9. The van der Waals surface area contributed by atoms with Crippen LogP contribution in [0.1, 0.15) is 376 Å². The monoisotopic (exact) mass is 1380 g/mol. The summed E-state index contributed by atoms with van der Waals surface area (Å²) in [5, 5.41) is 10.6. The first-order chi connectivity index (χ1) is 45.1. The highest BCUT2D eigenvalue weighted by Crippen LogP contribution is 2.45. The van der Waals surface area contributed by atoms with Gasteiger partial charge in [0, 0.05) is 25.7 Å². The fraction of sp³-hybridized carbons (Fsp3) is 0.947. The molecule has 0 aromatic heterocycles. The average molecular weight is 1380 g/mol. The first kappa shape index (κ1) is 92.1.